The summed E-state index contributed by atoms with van der Waals surface area (Å²) in [5, 5.41) is 6.19. The van der Waals surface area contributed by atoms with Gasteiger partial charge in [-0.3, -0.25) is 4.79 Å². The third kappa shape index (κ3) is 1.46. The van der Waals surface area contributed by atoms with Gasteiger partial charge in [-0.1, -0.05) is 0 Å². The summed E-state index contributed by atoms with van der Waals surface area (Å²) in [6.45, 7) is 3.28. The Morgan fingerprint density at radius 3 is 2.58 bits per heavy atom. The molecule has 3 nitrogen and oxygen atoms in total. The van der Waals surface area contributed by atoms with Gasteiger partial charge in [0.1, 0.15) is 0 Å². The molecule has 1 aliphatic carbocycles. The van der Waals surface area contributed by atoms with Gasteiger partial charge in [0.2, 0.25) is 6.41 Å². The average molecular weight is 168 g/mol. The van der Waals surface area contributed by atoms with Crippen LogP contribution in [-0.2, 0) is 4.79 Å². The van der Waals surface area contributed by atoms with Gasteiger partial charge in [0, 0.05) is 6.54 Å². The van der Waals surface area contributed by atoms with Crippen molar-refractivity contribution >= 4 is 6.41 Å². The minimum absolute atomic E-state index is 0.743. The van der Waals surface area contributed by atoms with Crippen LogP contribution in [0, 0.1) is 17.8 Å². The highest BCUT2D eigenvalue weighted by Crippen LogP contribution is 2.37. The Kier molecular flexibility index (Phi) is 2.30. The van der Waals surface area contributed by atoms with Gasteiger partial charge in [-0.15, -0.1) is 0 Å². The van der Waals surface area contributed by atoms with E-state index in [4.69, 9.17) is 0 Å². The topological polar surface area (TPSA) is 41.1 Å². The van der Waals surface area contributed by atoms with E-state index in [0.717, 1.165) is 30.7 Å². The van der Waals surface area contributed by atoms with E-state index in [0.29, 0.717) is 0 Å². The van der Waals surface area contributed by atoms with Crippen molar-refractivity contribution < 1.29 is 4.79 Å². The molecule has 2 N–H and O–H groups in total. The molecule has 12 heavy (non-hydrogen) atoms. The normalized spacial score (nSPS) is 39.5. The fraction of sp³-hybridized carbons (Fsp3) is 0.889. The number of hydrogen-bond donors (Lipinski definition) is 2. The third-order valence-corrected chi connectivity index (χ3v) is 3.24. The molecule has 1 heterocycles. The standard InChI is InChI=1S/C9H16N2O/c12-6-11-3-7-1-8-4-10-5-9(8)2-7/h6-10H,1-5H2,(H,11,12)/t7?,8-,9+. The molecule has 0 aromatic heterocycles. The molecule has 1 amide bonds. The van der Waals surface area contributed by atoms with E-state index in [-0.39, 0.29) is 0 Å². The highest BCUT2D eigenvalue weighted by molar-refractivity contribution is 5.45. The van der Waals surface area contributed by atoms with Crippen molar-refractivity contribution in [2.24, 2.45) is 17.8 Å². The van der Waals surface area contributed by atoms with Gasteiger partial charge < -0.3 is 10.6 Å². The second kappa shape index (κ2) is 3.44. The summed E-state index contributed by atoms with van der Waals surface area (Å²) in [6, 6.07) is 0. The van der Waals surface area contributed by atoms with Gasteiger partial charge in [-0.2, -0.15) is 0 Å². The first-order chi connectivity index (χ1) is 5.90. The van der Waals surface area contributed by atoms with Crippen molar-refractivity contribution in [2.75, 3.05) is 19.6 Å². The first-order valence-electron chi connectivity index (χ1n) is 4.78. The Balaban J connectivity index is 1.78. The predicted octanol–water partition coefficient (Wildman–Crippen LogP) is -0.0220. The Morgan fingerprint density at radius 2 is 2.00 bits per heavy atom. The Morgan fingerprint density at radius 1 is 1.33 bits per heavy atom. The summed E-state index contributed by atoms with van der Waals surface area (Å²) >= 11 is 0. The lowest BCUT2D eigenvalue weighted by Crippen LogP contribution is -2.21. The molecule has 0 aromatic rings. The number of fused-ring (bicyclic) bond motifs is 1. The number of amides is 1. The summed E-state index contributed by atoms with van der Waals surface area (Å²) in [5.74, 6) is 2.53. The van der Waals surface area contributed by atoms with Crippen LogP contribution in [-0.4, -0.2) is 26.0 Å². The summed E-state index contributed by atoms with van der Waals surface area (Å²) in [5.41, 5.74) is 0. The van der Waals surface area contributed by atoms with E-state index in [2.05, 4.69) is 10.6 Å². The van der Waals surface area contributed by atoms with E-state index in [1.54, 1.807) is 0 Å². The molecule has 0 aromatic carbocycles. The summed E-state index contributed by atoms with van der Waals surface area (Å²) in [6.07, 6.45) is 3.42. The maximum Gasteiger partial charge on any atom is 0.207 e. The van der Waals surface area contributed by atoms with E-state index in [1.165, 1.54) is 25.9 Å². The van der Waals surface area contributed by atoms with Crippen LogP contribution in [0.5, 0.6) is 0 Å². The predicted molar refractivity (Wildman–Crippen MR) is 46.6 cm³/mol. The maximum atomic E-state index is 10.1. The highest BCUT2D eigenvalue weighted by atomic mass is 16.1. The second-order valence-corrected chi connectivity index (χ2v) is 4.04. The van der Waals surface area contributed by atoms with Crippen LogP contribution in [0.3, 0.4) is 0 Å². The van der Waals surface area contributed by atoms with Gasteiger partial charge in [0.05, 0.1) is 0 Å². The van der Waals surface area contributed by atoms with Crippen LogP contribution in [0.2, 0.25) is 0 Å². The molecule has 1 unspecified atom stereocenters. The number of rotatable bonds is 3. The summed E-state index contributed by atoms with van der Waals surface area (Å²) in [7, 11) is 0. The van der Waals surface area contributed by atoms with Crippen molar-refractivity contribution in [1.82, 2.24) is 10.6 Å². The smallest absolute Gasteiger partial charge is 0.207 e. The number of carbonyl (C=O) groups excluding carboxylic acids is 1. The van der Waals surface area contributed by atoms with Crippen LogP contribution in [0.15, 0.2) is 0 Å². The number of nitrogens with one attached hydrogen (secondary N) is 2. The van der Waals surface area contributed by atoms with E-state index in [9.17, 15) is 4.79 Å². The Hall–Kier alpha value is -0.570. The fourth-order valence-electron chi connectivity index (χ4n) is 2.67. The fourth-order valence-corrected chi connectivity index (χ4v) is 2.67. The van der Waals surface area contributed by atoms with E-state index >= 15 is 0 Å². The van der Waals surface area contributed by atoms with Crippen molar-refractivity contribution in [3.63, 3.8) is 0 Å². The first kappa shape index (κ1) is 8.05. The SMILES string of the molecule is O=CNCC1C[C@H]2CNC[C@H]2C1. The van der Waals surface area contributed by atoms with Gasteiger partial charge >= 0.3 is 0 Å². The molecule has 1 aliphatic heterocycles. The van der Waals surface area contributed by atoms with Crippen LogP contribution >= 0.6 is 0 Å². The van der Waals surface area contributed by atoms with Crippen molar-refractivity contribution in [3.05, 3.63) is 0 Å². The molecule has 2 fully saturated rings. The largest absolute Gasteiger partial charge is 0.358 e. The van der Waals surface area contributed by atoms with Crippen LogP contribution in [0.1, 0.15) is 12.8 Å². The zero-order valence-electron chi connectivity index (χ0n) is 7.25. The Bertz CT molecular complexity index is 160. The lowest BCUT2D eigenvalue weighted by Gasteiger charge is -2.09. The van der Waals surface area contributed by atoms with E-state index in [1.807, 2.05) is 0 Å². The monoisotopic (exact) mass is 168 g/mol. The van der Waals surface area contributed by atoms with Gasteiger partial charge in [-0.05, 0) is 43.7 Å². The molecule has 0 radical (unpaired) electrons. The molecule has 1 saturated carbocycles. The molecule has 2 rings (SSSR count). The molecule has 0 spiro atoms. The van der Waals surface area contributed by atoms with Gasteiger partial charge in [0.15, 0.2) is 0 Å². The minimum atomic E-state index is 0.743. The highest BCUT2D eigenvalue weighted by Gasteiger charge is 2.36. The molecule has 3 heteroatoms. The average Bonchev–Trinajstić information content (AvgIpc) is 2.58. The van der Waals surface area contributed by atoms with Gasteiger partial charge in [-0.25, -0.2) is 0 Å². The second-order valence-electron chi connectivity index (χ2n) is 4.04. The summed E-state index contributed by atoms with van der Waals surface area (Å²) in [4.78, 5) is 10.1. The molecule has 1 saturated heterocycles. The maximum absolute atomic E-state index is 10.1. The zero-order chi connectivity index (χ0) is 8.39. The Labute approximate surface area is 72.9 Å². The lowest BCUT2D eigenvalue weighted by molar-refractivity contribution is -0.109. The first-order valence-corrected chi connectivity index (χ1v) is 4.78. The molecular weight excluding hydrogens is 152 g/mol. The van der Waals surface area contributed by atoms with Crippen molar-refractivity contribution in [2.45, 2.75) is 12.8 Å². The molecule has 3 atom stereocenters. The molecule has 2 aliphatic rings. The zero-order valence-corrected chi connectivity index (χ0v) is 7.25. The molecule has 0 bridgehead atoms. The summed E-state index contributed by atoms with van der Waals surface area (Å²) < 4.78 is 0. The van der Waals surface area contributed by atoms with Crippen LogP contribution < -0.4 is 10.6 Å². The van der Waals surface area contributed by atoms with Crippen molar-refractivity contribution in [1.29, 1.82) is 0 Å². The quantitative estimate of drug-likeness (QED) is 0.581. The van der Waals surface area contributed by atoms with Crippen molar-refractivity contribution in [3.8, 4) is 0 Å². The minimum Gasteiger partial charge on any atom is -0.358 e. The van der Waals surface area contributed by atoms with Crippen LogP contribution in [0.4, 0.5) is 0 Å². The number of carbonyl (C=O) groups is 1. The van der Waals surface area contributed by atoms with Crippen LogP contribution in [0.25, 0.3) is 0 Å². The molecule has 68 valence electrons. The molecular formula is C9H16N2O. The van der Waals surface area contributed by atoms with Gasteiger partial charge in [0.25, 0.3) is 0 Å². The van der Waals surface area contributed by atoms with E-state index < -0.39 is 0 Å². The third-order valence-electron chi connectivity index (χ3n) is 3.24. The number of hydrogen-bond acceptors (Lipinski definition) is 2. The lowest BCUT2D eigenvalue weighted by atomic mass is 10.0.